The number of allylic oxidation sites excluding steroid dienone is 2. The average molecular weight is 315 g/mol. The predicted molar refractivity (Wildman–Crippen MR) is 79.8 cm³/mol. The van der Waals surface area contributed by atoms with Crippen molar-refractivity contribution in [3.05, 3.63) is 35.9 Å². The molecule has 23 heavy (non-hydrogen) atoms. The number of carboxylic acids is 1. The molecule has 1 aliphatic heterocycles. The van der Waals surface area contributed by atoms with Gasteiger partial charge in [0.2, 0.25) is 12.7 Å². The SMILES string of the molecule is O=C(NCc1ccc2c(c1)OCO2)[C@@H]1[C@H](C(=O)O)[C@H]2C=C[C@H]1C2. The van der Waals surface area contributed by atoms with Gasteiger partial charge in [0, 0.05) is 6.54 Å². The van der Waals surface area contributed by atoms with Gasteiger partial charge in [-0.25, -0.2) is 0 Å². The van der Waals surface area contributed by atoms with E-state index in [4.69, 9.17) is 9.47 Å². The number of aliphatic carboxylic acids is 1. The smallest absolute Gasteiger partial charge is 0.307 e. The van der Waals surface area contributed by atoms with Crippen LogP contribution in [0.3, 0.4) is 0 Å². The Morgan fingerprint density at radius 1 is 1.13 bits per heavy atom. The maximum absolute atomic E-state index is 12.5. The molecule has 0 aromatic heterocycles. The number of benzene rings is 1. The molecule has 2 bridgehead atoms. The molecule has 6 heteroatoms. The van der Waals surface area contributed by atoms with Crippen LogP contribution in [0.1, 0.15) is 12.0 Å². The third kappa shape index (κ3) is 2.34. The molecular weight excluding hydrogens is 298 g/mol. The normalized spacial score (nSPS) is 29.7. The maximum atomic E-state index is 12.5. The number of hydrogen-bond acceptors (Lipinski definition) is 4. The highest BCUT2D eigenvalue weighted by molar-refractivity contribution is 5.86. The summed E-state index contributed by atoms with van der Waals surface area (Å²) in [6, 6.07) is 5.51. The van der Waals surface area contributed by atoms with Crippen molar-refractivity contribution in [2.75, 3.05) is 6.79 Å². The first-order valence-electron chi connectivity index (χ1n) is 7.71. The molecule has 3 aliphatic rings. The van der Waals surface area contributed by atoms with Crippen LogP contribution in [0, 0.1) is 23.7 Å². The fourth-order valence-electron chi connectivity index (χ4n) is 3.87. The van der Waals surface area contributed by atoms with Crippen molar-refractivity contribution in [3.8, 4) is 11.5 Å². The van der Waals surface area contributed by atoms with Gasteiger partial charge in [-0.1, -0.05) is 18.2 Å². The molecule has 2 N–H and O–H groups in total. The number of carboxylic acid groups (broad SMARTS) is 1. The van der Waals surface area contributed by atoms with E-state index in [0.717, 1.165) is 12.0 Å². The predicted octanol–water partition coefficient (Wildman–Crippen LogP) is 1.55. The monoisotopic (exact) mass is 315 g/mol. The van der Waals surface area contributed by atoms with Gasteiger partial charge < -0.3 is 19.9 Å². The molecule has 120 valence electrons. The highest BCUT2D eigenvalue weighted by Crippen LogP contribution is 2.48. The summed E-state index contributed by atoms with van der Waals surface area (Å²) in [4.78, 5) is 24.0. The van der Waals surface area contributed by atoms with E-state index in [1.807, 2.05) is 30.4 Å². The van der Waals surface area contributed by atoms with E-state index in [2.05, 4.69) is 5.32 Å². The topological polar surface area (TPSA) is 84.9 Å². The lowest BCUT2D eigenvalue weighted by Crippen LogP contribution is -2.39. The zero-order valence-electron chi connectivity index (χ0n) is 12.4. The standard InChI is InChI=1S/C17H17NO5/c19-16(14-10-2-3-11(6-10)15(14)17(20)21)18-7-9-1-4-12-13(5-9)23-8-22-12/h1-5,10-11,14-15H,6-8H2,(H,18,19)(H,20,21)/t10-,11-,14-,15+/m0/s1. The van der Waals surface area contributed by atoms with Gasteiger partial charge in [-0.3, -0.25) is 9.59 Å². The summed E-state index contributed by atoms with van der Waals surface area (Å²) in [5.74, 6) is -0.765. The number of fused-ring (bicyclic) bond motifs is 3. The average Bonchev–Trinajstić information content (AvgIpc) is 3.25. The summed E-state index contributed by atoms with van der Waals surface area (Å²) in [6.45, 7) is 0.558. The van der Waals surface area contributed by atoms with Crippen LogP contribution in [0.5, 0.6) is 11.5 Å². The van der Waals surface area contributed by atoms with Crippen LogP contribution in [-0.2, 0) is 16.1 Å². The fraction of sp³-hybridized carbons (Fsp3) is 0.412. The molecule has 0 unspecified atom stereocenters. The summed E-state index contributed by atoms with van der Waals surface area (Å²) in [5.41, 5.74) is 0.896. The lowest BCUT2D eigenvalue weighted by atomic mass is 9.82. The van der Waals surface area contributed by atoms with Crippen LogP contribution in [0.15, 0.2) is 30.4 Å². The molecule has 2 aliphatic carbocycles. The Morgan fingerprint density at radius 3 is 2.65 bits per heavy atom. The second-order valence-electron chi connectivity index (χ2n) is 6.24. The Bertz CT molecular complexity index is 698. The minimum Gasteiger partial charge on any atom is -0.481 e. The quantitative estimate of drug-likeness (QED) is 0.824. The van der Waals surface area contributed by atoms with Crippen LogP contribution in [-0.4, -0.2) is 23.8 Å². The molecule has 1 fully saturated rings. The molecule has 1 amide bonds. The van der Waals surface area contributed by atoms with E-state index in [-0.39, 0.29) is 24.5 Å². The van der Waals surface area contributed by atoms with Crippen LogP contribution in [0.25, 0.3) is 0 Å². The second-order valence-corrected chi connectivity index (χ2v) is 6.24. The van der Waals surface area contributed by atoms with Crippen LogP contribution >= 0.6 is 0 Å². The number of nitrogens with one attached hydrogen (secondary N) is 1. The van der Waals surface area contributed by atoms with Crippen molar-refractivity contribution in [1.29, 1.82) is 0 Å². The van der Waals surface area contributed by atoms with Gasteiger partial charge in [0.15, 0.2) is 11.5 Å². The van der Waals surface area contributed by atoms with E-state index in [0.29, 0.717) is 18.0 Å². The fourth-order valence-corrected chi connectivity index (χ4v) is 3.87. The Morgan fingerprint density at radius 2 is 1.87 bits per heavy atom. The first kappa shape index (κ1) is 14.1. The van der Waals surface area contributed by atoms with Gasteiger partial charge in [0.25, 0.3) is 0 Å². The highest BCUT2D eigenvalue weighted by Gasteiger charge is 2.51. The van der Waals surface area contributed by atoms with Gasteiger partial charge >= 0.3 is 5.97 Å². The highest BCUT2D eigenvalue weighted by atomic mass is 16.7. The van der Waals surface area contributed by atoms with Crippen LogP contribution in [0.4, 0.5) is 0 Å². The molecule has 1 aromatic carbocycles. The largest absolute Gasteiger partial charge is 0.481 e. The van der Waals surface area contributed by atoms with Gasteiger partial charge in [0.05, 0.1) is 11.8 Å². The van der Waals surface area contributed by atoms with E-state index >= 15 is 0 Å². The molecule has 0 radical (unpaired) electrons. The first-order valence-corrected chi connectivity index (χ1v) is 7.71. The van der Waals surface area contributed by atoms with Crippen molar-refractivity contribution < 1.29 is 24.2 Å². The minimum absolute atomic E-state index is 0.0150. The number of carbonyl (C=O) groups is 2. The number of ether oxygens (including phenoxy) is 2. The molecule has 1 saturated carbocycles. The minimum atomic E-state index is -0.884. The number of carbonyl (C=O) groups excluding carboxylic acids is 1. The van der Waals surface area contributed by atoms with Crippen molar-refractivity contribution in [3.63, 3.8) is 0 Å². The summed E-state index contributed by atoms with van der Waals surface area (Å²) >= 11 is 0. The lowest BCUT2D eigenvalue weighted by molar-refractivity contribution is -0.147. The molecule has 0 saturated heterocycles. The number of amides is 1. The third-order valence-corrected chi connectivity index (χ3v) is 4.95. The molecule has 4 atom stereocenters. The van der Waals surface area contributed by atoms with Crippen molar-refractivity contribution in [2.45, 2.75) is 13.0 Å². The third-order valence-electron chi connectivity index (χ3n) is 4.95. The molecule has 1 heterocycles. The van der Waals surface area contributed by atoms with E-state index in [9.17, 15) is 14.7 Å². The van der Waals surface area contributed by atoms with Crippen molar-refractivity contribution in [1.82, 2.24) is 5.32 Å². The molecular formula is C17H17NO5. The summed E-state index contributed by atoms with van der Waals surface area (Å²) in [7, 11) is 0. The van der Waals surface area contributed by atoms with Gasteiger partial charge in [-0.2, -0.15) is 0 Å². The van der Waals surface area contributed by atoms with E-state index in [1.54, 1.807) is 0 Å². The zero-order valence-corrected chi connectivity index (χ0v) is 12.4. The Hall–Kier alpha value is -2.50. The zero-order chi connectivity index (χ0) is 16.0. The Labute approximate surface area is 133 Å². The molecule has 6 nitrogen and oxygen atoms in total. The van der Waals surface area contributed by atoms with E-state index in [1.165, 1.54) is 0 Å². The van der Waals surface area contributed by atoms with Crippen LogP contribution < -0.4 is 14.8 Å². The van der Waals surface area contributed by atoms with Crippen molar-refractivity contribution in [2.24, 2.45) is 23.7 Å². The lowest BCUT2D eigenvalue weighted by Gasteiger charge is -2.23. The summed E-state index contributed by atoms with van der Waals surface area (Å²) in [6.07, 6.45) is 4.68. The second kappa shape index (κ2) is 5.30. The van der Waals surface area contributed by atoms with Gasteiger partial charge in [-0.15, -0.1) is 0 Å². The van der Waals surface area contributed by atoms with Crippen LogP contribution in [0.2, 0.25) is 0 Å². The number of rotatable bonds is 4. The molecule has 4 rings (SSSR count). The first-order chi connectivity index (χ1) is 11.1. The molecule has 1 aromatic rings. The Kier molecular flexibility index (Phi) is 3.25. The number of hydrogen-bond donors (Lipinski definition) is 2. The maximum Gasteiger partial charge on any atom is 0.307 e. The van der Waals surface area contributed by atoms with Crippen molar-refractivity contribution >= 4 is 11.9 Å². The Balaban J connectivity index is 1.44. The van der Waals surface area contributed by atoms with E-state index < -0.39 is 17.8 Å². The van der Waals surface area contributed by atoms with Gasteiger partial charge in [-0.05, 0) is 36.0 Å². The van der Waals surface area contributed by atoms with Gasteiger partial charge in [0.1, 0.15) is 0 Å². The summed E-state index contributed by atoms with van der Waals surface area (Å²) in [5, 5.41) is 12.3. The summed E-state index contributed by atoms with van der Waals surface area (Å²) < 4.78 is 10.6. The molecule has 0 spiro atoms.